The van der Waals surface area contributed by atoms with Crippen molar-refractivity contribution in [3.05, 3.63) is 48.4 Å². The molecule has 1 N–H and O–H groups in total. The molecule has 1 amide bonds. The summed E-state index contributed by atoms with van der Waals surface area (Å²) in [4.78, 5) is 16.1. The van der Waals surface area contributed by atoms with Crippen molar-refractivity contribution in [3.63, 3.8) is 0 Å². The van der Waals surface area contributed by atoms with E-state index >= 15 is 0 Å². The summed E-state index contributed by atoms with van der Waals surface area (Å²) in [5.41, 5.74) is 0. The third-order valence-electron chi connectivity index (χ3n) is 3.34. The fourth-order valence-electron chi connectivity index (χ4n) is 2.12. The summed E-state index contributed by atoms with van der Waals surface area (Å²) < 4.78 is 23.5. The summed E-state index contributed by atoms with van der Waals surface area (Å²) in [6.07, 6.45) is 2.24. The number of hydrogen-bond donors (Lipinski definition) is 1. The van der Waals surface area contributed by atoms with Gasteiger partial charge in [-0.25, -0.2) is 9.37 Å². The van der Waals surface area contributed by atoms with E-state index < -0.39 is 0 Å². The van der Waals surface area contributed by atoms with Crippen molar-refractivity contribution in [3.8, 4) is 11.5 Å². The highest BCUT2D eigenvalue weighted by Gasteiger charge is 2.23. The van der Waals surface area contributed by atoms with Crippen LogP contribution in [0.25, 0.3) is 0 Å². The van der Waals surface area contributed by atoms with Gasteiger partial charge in [0.15, 0.2) is 0 Å². The van der Waals surface area contributed by atoms with Gasteiger partial charge in [0.2, 0.25) is 5.91 Å². The number of aromatic nitrogens is 1. The lowest BCUT2D eigenvalue weighted by Crippen LogP contribution is -2.23. The number of nitrogens with zero attached hydrogens (tertiary/aromatic N) is 1. The maximum atomic E-state index is 12.8. The number of anilines is 1. The molecule has 5 nitrogen and oxygen atoms in total. The number of benzene rings is 1. The summed E-state index contributed by atoms with van der Waals surface area (Å²) in [6, 6.07) is 9.06. The first kappa shape index (κ1) is 14.5. The van der Waals surface area contributed by atoms with E-state index in [4.69, 9.17) is 9.47 Å². The van der Waals surface area contributed by atoms with Crippen LogP contribution in [0, 0.1) is 11.7 Å². The van der Waals surface area contributed by atoms with Crippen LogP contribution in [0.15, 0.2) is 42.6 Å². The zero-order chi connectivity index (χ0) is 15.4. The van der Waals surface area contributed by atoms with Crippen LogP contribution in [0.4, 0.5) is 10.2 Å². The number of pyridine rings is 1. The molecular weight excluding hydrogens is 287 g/mol. The molecule has 1 saturated heterocycles. The predicted octanol–water partition coefficient (Wildman–Crippen LogP) is 2.99. The van der Waals surface area contributed by atoms with Gasteiger partial charge in [-0.05, 0) is 42.8 Å². The fourth-order valence-corrected chi connectivity index (χ4v) is 2.12. The van der Waals surface area contributed by atoms with Crippen LogP contribution < -0.4 is 10.1 Å². The average molecular weight is 302 g/mol. The third-order valence-corrected chi connectivity index (χ3v) is 3.34. The lowest BCUT2D eigenvalue weighted by molar-refractivity contribution is -0.119. The summed E-state index contributed by atoms with van der Waals surface area (Å²) >= 11 is 0. The number of rotatable bonds is 4. The minimum Gasteiger partial charge on any atom is -0.456 e. The number of carbonyl (C=O) groups excluding carboxylic acids is 1. The van der Waals surface area contributed by atoms with E-state index in [1.54, 1.807) is 12.1 Å². The van der Waals surface area contributed by atoms with E-state index in [1.165, 1.54) is 30.5 Å². The normalized spacial score (nSPS) is 17.2. The van der Waals surface area contributed by atoms with Crippen LogP contribution in [0.3, 0.4) is 0 Å². The lowest BCUT2D eigenvalue weighted by atomic mass is 10.1. The van der Waals surface area contributed by atoms with Crippen molar-refractivity contribution in [2.75, 3.05) is 18.5 Å². The molecule has 1 aromatic carbocycles. The SMILES string of the molecule is O=C(Nc1ccc(Oc2ccc(F)cc2)cn1)C1CCOC1. The molecule has 3 rings (SSSR count). The number of amides is 1. The van der Waals surface area contributed by atoms with Gasteiger partial charge in [0.25, 0.3) is 0 Å². The van der Waals surface area contributed by atoms with Crippen LogP contribution in [0.2, 0.25) is 0 Å². The molecule has 1 aromatic heterocycles. The zero-order valence-corrected chi connectivity index (χ0v) is 11.8. The van der Waals surface area contributed by atoms with Gasteiger partial charge in [-0.1, -0.05) is 0 Å². The minimum atomic E-state index is -0.320. The topological polar surface area (TPSA) is 60.5 Å². The van der Waals surface area contributed by atoms with Gasteiger partial charge >= 0.3 is 0 Å². The second-order valence-corrected chi connectivity index (χ2v) is 4.98. The Hall–Kier alpha value is -2.47. The number of nitrogens with one attached hydrogen (secondary N) is 1. The van der Waals surface area contributed by atoms with Gasteiger partial charge in [0, 0.05) is 6.61 Å². The maximum Gasteiger partial charge on any atom is 0.231 e. The average Bonchev–Trinajstić information content (AvgIpc) is 3.06. The largest absolute Gasteiger partial charge is 0.456 e. The number of hydrogen-bond acceptors (Lipinski definition) is 4. The Morgan fingerprint density at radius 3 is 2.64 bits per heavy atom. The van der Waals surface area contributed by atoms with Gasteiger partial charge in [0.05, 0.1) is 18.7 Å². The highest BCUT2D eigenvalue weighted by molar-refractivity contribution is 5.91. The lowest BCUT2D eigenvalue weighted by Gasteiger charge is -2.09. The van der Waals surface area contributed by atoms with E-state index in [0.717, 1.165) is 6.42 Å². The van der Waals surface area contributed by atoms with Crippen LogP contribution in [0.1, 0.15) is 6.42 Å². The summed E-state index contributed by atoms with van der Waals surface area (Å²) in [5, 5.41) is 2.75. The third kappa shape index (κ3) is 3.59. The molecule has 114 valence electrons. The van der Waals surface area contributed by atoms with Gasteiger partial charge in [-0.15, -0.1) is 0 Å². The first-order chi connectivity index (χ1) is 10.7. The van der Waals surface area contributed by atoms with Gasteiger partial charge < -0.3 is 14.8 Å². The van der Waals surface area contributed by atoms with Crippen LogP contribution in [0.5, 0.6) is 11.5 Å². The van der Waals surface area contributed by atoms with Crippen molar-refractivity contribution >= 4 is 11.7 Å². The standard InChI is InChI=1S/C16H15FN2O3/c17-12-1-3-13(4-2-12)22-14-5-6-15(18-9-14)19-16(20)11-7-8-21-10-11/h1-6,9,11H,7-8,10H2,(H,18,19,20). The Morgan fingerprint density at radius 1 is 1.23 bits per heavy atom. The number of carbonyl (C=O) groups is 1. The van der Waals surface area contributed by atoms with Crippen molar-refractivity contribution in [1.29, 1.82) is 0 Å². The molecule has 0 spiro atoms. The van der Waals surface area contributed by atoms with Crippen molar-refractivity contribution < 1.29 is 18.7 Å². The zero-order valence-electron chi connectivity index (χ0n) is 11.8. The van der Waals surface area contributed by atoms with E-state index in [0.29, 0.717) is 30.5 Å². The molecule has 0 aliphatic carbocycles. The Morgan fingerprint density at radius 2 is 2.00 bits per heavy atom. The summed E-state index contributed by atoms with van der Waals surface area (Å²) in [5.74, 6) is 0.967. The summed E-state index contributed by atoms with van der Waals surface area (Å²) in [6.45, 7) is 1.08. The highest BCUT2D eigenvalue weighted by atomic mass is 19.1. The van der Waals surface area contributed by atoms with Crippen molar-refractivity contribution in [2.24, 2.45) is 5.92 Å². The smallest absolute Gasteiger partial charge is 0.231 e. The van der Waals surface area contributed by atoms with Gasteiger partial charge in [-0.3, -0.25) is 4.79 Å². The summed E-state index contributed by atoms with van der Waals surface area (Å²) in [7, 11) is 0. The first-order valence-corrected chi connectivity index (χ1v) is 6.99. The molecule has 2 aromatic rings. The maximum absolute atomic E-state index is 12.8. The van der Waals surface area contributed by atoms with Crippen LogP contribution in [-0.4, -0.2) is 24.1 Å². The predicted molar refractivity (Wildman–Crippen MR) is 78.3 cm³/mol. The van der Waals surface area contributed by atoms with E-state index in [9.17, 15) is 9.18 Å². The molecule has 1 fully saturated rings. The quantitative estimate of drug-likeness (QED) is 0.943. The molecule has 0 bridgehead atoms. The van der Waals surface area contributed by atoms with Crippen LogP contribution in [-0.2, 0) is 9.53 Å². The highest BCUT2D eigenvalue weighted by Crippen LogP contribution is 2.22. The second kappa shape index (κ2) is 6.53. The van der Waals surface area contributed by atoms with Gasteiger partial charge in [0.1, 0.15) is 23.1 Å². The number of halogens is 1. The molecule has 1 aliphatic rings. The van der Waals surface area contributed by atoms with E-state index in [1.807, 2.05) is 0 Å². The molecule has 0 radical (unpaired) electrons. The second-order valence-electron chi connectivity index (χ2n) is 4.98. The fraction of sp³-hybridized carbons (Fsp3) is 0.250. The minimum absolute atomic E-state index is 0.0859. The molecule has 1 atom stereocenters. The monoisotopic (exact) mass is 302 g/mol. The van der Waals surface area contributed by atoms with Gasteiger partial charge in [-0.2, -0.15) is 0 Å². The van der Waals surface area contributed by atoms with E-state index in [2.05, 4.69) is 10.3 Å². The Bertz CT molecular complexity index is 637. The van der Waals surface area contributed by atoms with E-state index in [-0.39, 0.29) is 17.6 Å². The molecule has 1 unspecified atom stereocenters. The van der Waals surface area contributed by atoms with Crippen molar-refractivity contribution in [1.82, 2.24) is 4.98 Å². The Kier molecular flexibility index (Phi) is 4.29. The Balaban J connectivity index is 1.60. The molecule has 2 heterocycles. The molecule has 22 heavy (non-hydrogen) atoms. The molecule has 6 heteroatoms. The van der Waals surface area contributed by atoms with Crippen molar-refractivity contribution in [2.45, 2.75) is 6.42 Å². The number of ether oxygens (including phenoxy) is 2. The molecule has 1 aliphatic heterocycles. The first-order valence-electron chi connectivity index (χ1n) is 6.99. The molecular formula is C16H15FN2O3. The Labute approximate surface area is 127 Å². The molecule has 0 saturated carbocycles. The van der Waals surface area contributed by atoms with Crippen LogP contribution >= 0.6 is 0 Å².